The maximum atomic E-state index is 4.17. The van der Waals surface area contributed by atoms with E-state index in [9.17, 15) is 0 Å². The average Bonchev–Trinajstić information content (AvgIpc) is 2.55. The summed E-state index contributed by atoms with van der Waals surface area (Å²) in [5.74, 6) is 0. The van der Waals surface area contributed by atoms with Gasteiger partial charge in [0.2, 0.25) is 0 Å². The van der Waals surface area contributed by atoms with Crippen LogP contribution in [0, 0.1) is 0 Å². The molecule has 0 aliphatic carbocycles. The lowest BCUT2D eigenvalue weighted by Gasteiger charge is -2.02. The molecule has 0 atom stereocenters. The third kappa shape index (κ3) is 1.78. The third-order valence-electron chi connectivity index (χ3n) is 3.19. The molecule has 0 aliphatic rings. The highest BCUT2D eigenvalue weighted by molar-refractivity contribution is 5.83. The summed E-state index contributed by atoms with van der Waals surface area (Å²) in [6.07, 6.45) is 3.73. The quantitative estimate of drug-likeness (QED) is 0.688. The summed E-state index contributed by atoms with van der Waals surface area (Å²) >= 11 is 0. The minimum absolute atomic E-state index is 1.04. The zero-order valence-electron chi connectivity index (χ0n) is 10.00. The van der Waals surface area contributed by atoms with Crippen LogP contribution in [0.5, 0.6) is 0 Å². The molecule has 1 aromatic carbocycles. The predicted octanol–water partition coefficient (Wildman–Crippen LogP) is 2.65. The Bertz CT molecular complexity index is 530. The van der Waals surface area contributed by atoms with Crippen LogP contribution in [0.4, 0.5) is 0 Å². The van der Waals surface area contributed by atoms with Gasteiger partial charge in [-0.3, -0.25) is 0 Å². The molecule has 16 heavy (non-hydrogen) atoms. The maximum Gasteiger partial charge on any atom is 0.0418 e. The monoisotopic (exact) mass is 213 g/mol. The van der Waals surface area contributed by atoms with Crippen molar-refractivity contribution >= 4 is 23.9 Å². The zero-order valence-corrected chi connectivity index (χ0v) is 10.00. The van der Waals surface area contributed by atoms with E-state index in [1.807, 2.05) is 0 Å². The number of nitrogens with zero attached hydrogens (tertiary/aromatic N) is 1. The van der Waals surface area contributed by atoms with Crippen LogP contribution in [0.1, 0.15) is 26.2 Å². The van der Waals surface area contributed by atoms with Crippen molar-refractivity contribution in [3.8, 4) is 0 Å². The number of rotatable bonds is 4. The van der Waals surface area contributed by atoms with Crippen molar-refractivity contribution in [3.05, 3.63) is 35.0 Å². The Balaban J connectivity index is 2.46. The molecule has 1 heteroatoms. The minimum Gasteiger partial charge on any atom is -0.341 e. The van der Waals surface area contributed by atoms with E-state index in [-0.39, 0.29) is 0 Å². The van der Waals surface area contributed by atoms with Crippen LogP contribution in [-0.4, -0.2) is 4.57 Å². The second-order valence-electron chi connectivity index (χ2n) is 4.30. The van der Waals surface area contributed by atoms with E-state index in [1.54, 1.807) is 0 Å². The Kier molecular flexibility index (Phi) is 3.14. The Morgan fingerprint density at radius 2 is 1.56 bits per heavy atom. The normalized spacial score (nSPS) is 11.1. The summed E-state index contributed by atoms with van der Waals surface area (Å²) in [7, 11) is 0. The van der Waals surface area contributed by atoms with E-state index in [0.29, 0.717) is 0 Å². The van der Waals surface area contributed by atoms with Crippen LogP contribution in [0.2, 0.25) is 0 Å². The lowest BCUT2D eigenvalue weighted by molar-refractivity contribution is 0.588. The number of aromatic nitrogens is 1. The van der Waals surface area contributed by atoms with Gasteiger partial charge in [-0.05, 0) is 6.42 Å². The molecule has 0 N–H and O–H groups in total. The molecule has 1 nitrogen and oxygen atoms in total. The molecule has 84 valence electrons. The Morgan fingerprint density at radius 3 is 2.06 bits per heavy atom. The molecule has 0 fully saturated rings. The van der Waals surface area contributed by atoms with E-state index in [4.69, 9.17) is 0 Å². The molecule has 0 spiro atoms. The maximum absolute atomic E-state index is 4.17. The standard InChI is InChI=1S/C15H19N/c1-4-5-8-11-16-12(2)14-9-6-7-10-15(14)13(16)3/h6-7,9-10H,2-5,8,11H2,1H3. The number of fused-ring (bicyclic) bond motifs is 1. The van der Waals surface area contributed by atoms with Crippen molar-refractivity contribution in [2.45, 2.75) is 32.7 Å². The van der Waals surface area contributed by atoms with Gasteiger partial charge in [-0.2, -0.15) is 0 Å². The van der Waals surface area contributed by atoms with Gasteiger partial charge >= 0.3 is 0 Å². The van der Waals surface area contributed by atoms with Gasteiger partial charge in [0.05, 0.1) is 0 Å². The van der Waals surface area contributed by atoms with Crippen molar-refractivity contribution in [2.24, 2.45) is 0 Å². The van der Waals surface area contributed by atoms with Gasteiger partial charge in [0.15, 0.2) is 0 Å². The highest BCUT2D eigenvalue weighted by atomic mass is 15.0. The fraction of sp³-hybridized carbons (Fsp3) is 0.333. The van der Waals surface area contributed by atoms with Crippen molar-refractivity contribution in [3.63, 3.8) is 0 Å². The van der Waals surface area contributed by atoms with Gasteiger partial charge in [-0.25, -0.2) is 0 Å². The van der Waals surface area contributed by atoms with Crippen LogP contribution < -0.4 is 10.7 Å². The first-order valence-electron chi connectivity index (χ1n) is 6.01. The molecule has 0 saturated carbocycles. The van der Waals surface area contributed by atoms with Gasteiger partial charge in [0.1, 0.15) is 0 Å². The molecular weight excluding hydrogens is 194 g/mol. The van der Waals surface area contributed by atoms with Gasteiger partial charge in [-0.15, -0.1) is 0 Å². The summed E-state index contributed by atoms with van der Waals surface area (Å²) < 4.78 is 2.25. The first-order valence-corrected chi connectivity index (χ1v) is 6.01. The number of benzene rings is 1. The summed E-state index contributed by atoms with van der Waals surface area (Å²) in [5.41, 5.74) is 0. The summed E-state index contributed by atoms with van der Waals surface area (Å²) in [5, 5.41) is 4.70. The van der Waals surface area contributed by atoms with Crippen LogP contribution in [-0.2, 0) is 6.54 Å². The molecule has 1 heterocycles. The lowest BCUT2D eigenvalue weighted by Crippen LogP contribution is -2.25. The molecule has 0 saturated heterocycles. The van der Waals surface area contributed by atoms with Crippen molar-refractivity contribution in [1.82, 2.24) is 4.57 Å². The van der Waals surface area contributed by atoms with Gasteiger partial charge in [0, 0.05) is 28.0 Å². The SMILES string of the molecule is C=c1c2ccccc2c(=C)n1CCCCC. The lowest BCUT2D eigenvalue weighted by atomic mass is 10.2. The van der Waals surface area contributed by atoms with E-state index in [2.05, 4.69) is 48.9 Å². The van der Waals surface area contributed by atoms with Crippen molar-refractivity contribution in [1.29, 1.82) is 0 Å². The number of hydrogen-bond donors (Lipinski definition) is 0. The third-order valence-corrected chi connectivity index (χ3v) is 3.19. The highest BCUT2D eigenvalue weighted by Gasteiger charge is 2.02. The van der Waals surface area contributed by atoms with Gasteiger partial charge in [0.25, 0.3) is 0 Å². The molecular formula is C15H19N. The molecule has 0 amide bonds. The smallest absolute Gasteiger partial charge is 0.0418 e. The summed E-state index contributed by atoms with van der Waals surface area (Å²) in [6, 6.07) is 8.38. The summed E-state index contributed by atoms with van der Waals surface area (Å²) in [6.45, 7) is 11.6. The first kappa shape index (κ1) is 11.0. The number of hydrogen-bond acceptors (Lipinski definition) is 0. The fourth-order valence-electron chi connectivity index (χ4n) is 2.23. The predicted molar refractivity (Wildman–Crippen MR) is 71.8 cm³/mol. The van der Waals surface area contributed by atoms with Crippen LogP contribution in [0.15, 0.2) is 24.3 Å². The molecule has 0 bridgehead atoms. The van der Waals surface area contributed by atoms with E-state index < -0.39 is 0 Å². The second kappa shape index (κ2) is 4.56. The summed E-state index contributed by atoms with van der Waals surface area (Å²) in [4.78, 5) is 0. The van der Waals surface area contributed by atoms with Gasteiger partial charge in [-0.1, -0.05) is 57.2 Å². The van der Waals surface area contributed by atoms with E-state index >= 15 is 0 Å². The first-order chi connectivity index (χ1) is 7.75. The molecule has 1 aromatic heterocycles. The zero-order chi connectivity index (χ0) is 11.5. The van der Waals surface area contributed by atoms with E-state index in [0.717, 1.165) is 17.2 Å². The Hall–Kier alpha value is -1.50. The van der Waals surface area contributed by atoms with Crippen LogP contribution in [0.3, 0.4) is 0 Å². The Labute approximate surface area is 96.7 Å². The molecule has 0 radical (unpaired) electrons. The van der Waals surface area contributed by atoms with Crippen molar-refractivity contribution in [2.75, 3.05) is 0 Å². The second-order valence-corrected chi connectivity index (χ2v) is 4.30. The Morgan fingerprint density at radius 1 is 1.00 bits per heavy atom. The molecule has 0 aliphatic heterocycles. The average molecular weight is 213 g/mol. The van der Waals surface area contributed by atoms with Crippen molar-refractivity contribution < 1.29 is 0 Å². The van der Waals surface area contributed by atoms with Crippen LogP contribution in [0.25, 0.3) is 23.9 Å². The largest absolute Gasteiger partial charge is 0.341 e. The molecule has 0 unspecified atom stereocenters. The van der Waals surface area contributed by atoms with Gasteiger partial charge < -0.3 is 4.57 Å². The minimum atomic E-state index is 1.04. The highest BCUT2D eigenvalue weighted by Crippen LogP contribution is 2.05. The molecule has 2 aromatic rings. The fourth-order valence-corrected chi connectivity index (χ4v) is 2.23. The number of unbranched alkanes of at least 4 members (excludes halogenated alkanes) is 2. The topological polar surface area (TPSA) is 4.93 Å². The molecule has 2 rings (SSSR count). The van der Waals surface area contributed by atoms with Crippen LogP contribution >= 0.6 is 0 Å². The van der Waals surface area contributed by atoms with E-state index in [1.165, 1.54) is 30.0 Å².